The molecule has 2 nitrogen and oxygen atoms in total. The van der Waals surface area contributed by atoms with Crippen molar-refractivity contribution in [2.24, 2.45) is 5.92 Å². The minimum absolute atomic E-state index is 0.180. The fourth-order valence-corrected chi connectivity index (χ4v) is 2.30. The predicted octanol–water partition coefficient (Wildman–Crippen LogP) is 2.79. The quantitative estimate of drug-likeness (QED) is 0.798. The Hall–Kier alpha value is -1.15. The van der Waals surface area contributed by atoms with E-state index in [1.165, 1.54) is 5.56 Å². The van der Waals surface area contributed by atoms with Crippen LogP contribution in [0.3, 0.4) is 0 Å². The van der Waals surface area contributed by atoms with E-state index in [2.05, 4.69) is 38.1 Å². The van der Waals surface area contributed by atoms with Crippen LogP contribution in [0.25, 0.3) is 0 Å². The Bertz CT molecular complexity index is 380. The maximum atomic E-state index is 12.1. The van der Waals surface area contributed by atoms with Crippen LogP contribution in [0.2, 0.25) is 0 Å². The number of rotatable bonds is 4. The van der Waals surface area contributed by atoms with Crippen molar-refractivity contribution in [2.45, 2.75) is 39.2 Å². The van der Waals surface area contributed by atoms with Crippen molar-refractivity contribution in [3.63, 3.8) is 0 Å². The lowest BCUT2D eigenvalue weighted by Crippen LogP contribution is -2.26. The third-order valence-corrected chi connectivity index (χ3v) is 3.51. The molecule has 0 aromatic heterocycles. The molecule has 2 atom stereocenters. The van der Waals surface area contributed by atoms with Gasteiger partial charge in [0.25, 0.3) is 0 Å². The lowest BCUT2D eigenvalue weighted by molar-refractivity contribution is -0.128. The van der Waals surface area contributed by atoms with Gasteiger partial charge in [-0.2, -0.15) is 0 Å². The highest BCUT2D eigenvalue weighted by molar-refractivity contribution is 5.85. The number of benzene rings is 1. The van der Waals surface area contributed by atoms with E-state index in [4.69, 9.17) is 4.74 Å². The summed E-state index contributed by atoms with van der Waals surface area (Å²) >= 11 is 0. The molecule has 1 aromatic carbocycles. The summed E-state index contributed by atoms with van der Waals surface area (Å²) in [6.45, 7) is 4.95. The zero-order valence-electron chi connectivity index (χ0n) is 10.6. The van der Waals surface area contributed by atoms with Gasteiger partial charge in [0, 0.05) is 13.0 Å². The third kappa shape index (κ3) is 2.95. The third-order valence-electron chi connectivity index (χ3n) is 3.51. The topological polar surface area (TPSA) is 26.3 Å². The number of Topliss-reactive ketones (excluding diaryl/α,β-unsaturated/α-hetero) is 1. The number of hydrogen-bond acceptors (Lipinski definition) is 2. The standard InChI is InChI=1S/C15H20O2/c1-3-12-4-6-13(7-5-12)10-14(16)15-11(2)8-9-17-15/h4-7,11,15H,3,8-10H2,1-2H3. The van der Waals surface area contributed by atoms with Crippen LogP contribution in [-0.4, -0.2) is 18.5 Å². The molecule has 1 aliphatic heterocycles. The van der Waals surface area contributed by atoms with Crippen molar-refractivity contribution in [1.82, 2.24) is 0 Å². The normalized spacial score (nSPS) is 23.9. The molecule has 92 valence electrons. The summed E-state index contributed by atoms with van der Waals surface area (Å²) in [5, 5.41) is 0. The molecule has 1 aliphatic rings. The zero-order chi connectivity index (χ0) is 12.3. The van der Waals surface area contributed by atoms with E-state index in [1.807, 2.05) is 0 Å². The molecule has 0 amide bonds. The van der Waals surface area contributed by atoms with Gasteiger partial charge in [0.1, 0.15) is 6.10 Å². The molecule has 1 fully saturated rings. The first-order valence-electron chi connectivity index (χ1n) is 6.43. The molecule has 2 rings (SSSR count). The van der Waals surface area contributed by atoms with Gasteiger partial charge in [-0.05, 0) is 29.9 Å². The van der Waals surface area contributed by atoms with Crippen LogP contribution in [0, 0.1) is 5.92 Å². The Kier molecular flexibility index (Phi) is 3.95. The van der Waals surface area contributed by atoms with E-state index in [9.17, 15) is 4.79 Å². The number of ether oxygens (including phenoxy) is 1. The van der Waals surface area contributed by atoms with Gasteiger partial charge in [0.15, 0.2) is 5.78 Å². The highest BCUT2D eigenvalue weighted by Gasteiger charge is 2.30. The number of ketones is 1. The van der Waals surface area contributed by atoms with Crippen LogP contribution < -0.4 is 0 Å². The molecular formula is C15H20O2. The van der Waals surface area contributed by atoms with Gasteiger partial charge in [-0.25, -0.2) is 0 Å². The van der Waals surface area contributed by atoms with Gasteiger partial charge >= 0.3 is 0 Å². The van der Waals surface area contributed by atoms with Gasteiger partial charge in [-0.15, -0.1) is 0 Å². The number of hydrogen-bond donors (Lipinski definition) is 0. The average Bonchev–Trinajstić information content (AvgIpc) is 2.76. The molecule has 17 heavy (non-hydrogen) atoms. The van der Waals surface area contributed by atoms with Gasteiger partial charge in [0.2, 0.25) is 0 Å². The molecule has 0 aliphatic carbocycles. The minimum Gasteiger partial charge on any atom is -0.370 e. The highest BCUT2D eigenvalue weighted by Crippen LogP contribution is 2.22. The van der Waals surface area contributed by atoms with Crippen molar-refractivity contribution in [3.8, 4) is 0 Å². The summed E-state index contributed by atoms with van der Waals surface area (Å²) in [5.41, 5.74) is 2.40. The number of aryl methyl sites for hydroxylation is 1. The Labute approximate surface area is 103 Å². The fourth-order valence-electron chi connectivity index (χ4n) is 2.30. The molecule has 0 radical (unpaired) electrons. The maximum absolute atomic E-state index is 12.1. The summed E-state index contributed by atoms with van der Waals surface area (Å²) in [6.07, 6.45) is 2.36. The first-order chi connectivity index (χ1) is 8.20. The Morgan fingerprint density at radius 1 is 1.29 bits per heavy atom. The molecule has 0 spiro atoms. The van der Waals surface area contributed by atoms with E-state index in [-0.39, 0.29) is 11.9 Å². The Morgan fingerprint density at radius 3 is 2.47 bits per heavy atom. The SMILES string of the molecule is CCc1ccc(CC(=O)C2OCCC2C)cc1. The van der Waals surface area contributed by atoms with E-state index >= 15 is 0 Å². The molecular weight excluding hydrogens is 212 g/mol. The van der Waals surface area contributed by atoms with Crippen LogP contribution >= 0.6 is 0 Å². The van der Waals surface area contributed by atoms with E-state index in [0.29, 0.717) is 12.3 Å². The predicted molar refractivity (Wildman–Crippen MR) is 68.1 cm³/mol. The number of carbonyl (C=O) groups is 1. The van der Waals surface area contributed by atoms with Crippen molar-refractivity contribution >= 4 is 5.78 Å². The summed E-state index contributed by atoms with van der Waals surface area (Å²) in [5.74, 6) is 0.594. The van der Waals surface area contributed by atoms with Gasteiger partial charge in [-0.3, -0.25) is 4.79 Å². The van der Waals surface area contributed by atoms with Crippen molar-refractivity contribution in [3.05, 3.63) is 35.4 Å². The van der Waals surface area contributed by atoms with Crippen LogP contribution in [0.1, 0.15) is 31.4 Å². The Balaban J connectivity index is 1.97. The second-order valence-electron chi connectivity index (χ2n) is 4.87. The molecule has 0 bridgehead atoms. The highest BCUT2D eigenvalue weighted by atomic mass is 16.5. The van der Waals surface area contributed by atoms with Crippen molar-refractivity contribution in [2.75, 3.05) is 6.61 Å². The minimum atomic E-state index is -0.180. The summed E-state index contributed by atoms with van der Waals surface area (Å²) in [6, 6.07) is 8.30. The fraction of sp³-hybridized carbons (Fsp3) is 0.533. The van der Waals surface area contributed by atoms with Crippen LogP contribution in [0.4, 0.5) is 0 Å². The molecule has 1 saturated heterocycles. The van der Waals surface area contributed by atoms with Crippen LogP contribution in [0.5, 0.6) is 0 Å². The summed E-state index contributed by atoms with van der Waals surface area (Å²) < 4.78 is 5.49. The second kappa shape index (κ2) is 5.46. The lowest BCUT2D eigenvalue weighted by atomic mass is 9.96. The van der Waals surface area contributed by atoms with E-state index in [0.717, 1.165) is 25.0 Å². The molecule has 0 saturated carbocycles. The molecule has 1 aromatic rings. The smallest absolute Gasteiger partial charge is 0.166 e. The average molecular weight is 232 g/mol. The van der Waals surface area contributed by atoms with Crippen molar-refractivity contribution in [1.29, 1.82) is 0 Å². The van der Waals surface area contributed by atoms with Crippen LogP contribution in [0.15, 0.2) is 24.3 Å². The second-order valence-corrected chi connectivity index (χ2v) is 4.87. The van der Waals surface area contributed by atoms with Crippen molar-refractivity contribution < 1.29 is 9.53 Å². The first kappa shape index (κ1) is 12.3. The number of carbonyl (C=O) groups excluding carboxylic acids is 1. The van der Waals surface area contributed by atoms with E-state index in [1.54, 1.807) is 0 Å². The largest absolute Gasteiger partial charge is 0.370 e. The Morgan fingerprint density at radius 2 is 1.94 bits per heavy atom. The molecule has 2 unspecified atom stereocenters. The summed E-state index contributed by atoms with van der Waals surface area (Å²) in [7, 11) is 0. The lowest BCUT2D eigenvalue weighted by Gasteiger charge is -2.13. The van der Waals surface area contributed by atoms with Gasteiger partial charge in [-0.1, -0.05) is 38.1 Å². The van der Waals surface area contributed by atoms with Gasteiger partial charge in [0.05, 0.1) is 0 Å². The summed E-state index contributed by atoms with van der Waals surface area (Å²) in [4.78, 5) is 12.1. The van der Waals surface area contributed by atoms with E-state index < -0.39 is 0 Å². The zero-order valence-corrected chi connectivity index (χ0v) is 10.6. The monoisotopic (exact) mass is 232 g/mol. The van der Waals surface area contributed by atoms with Crippen LogP contribution in [-0.2, 0) is 22.4 Å². The van der Waals surface area contributed by atoms with Gasteiger partial charge < -0.3 is 4.74 Å². The first-order valence-corrected chi connectivity index (χ1v) is 6.43. The molecule has 1 heterocycles. The molecule has 2 heteroatoms. The maximum Gasteiger partial charge on any atom is 0.166 e. The molecule has 0 N–H and O–H groups in total.